The van der Waals surface area contributed by atoms with E-state index in [0.29, 0.717) is 11.3 Å². The van der Waals surface area contributed by atoms with E-state index in [9.17, 15) is 4.79 Å². The molecule has 1 aromatic heterocycles. The number of rotatable bonds is 3. The second kappa shape index (κ2) is 5.39. The highest BCUT2D eigenvalue weighted by molar-refractivity contribution is 5.96. The fourth-order valence-corrected chi connectivity index (χ4v) is 1.71. The number of carbonyl (C=O) groups is 1. The van der Waals surface area contributed by atoms with Crippen molar-refractivity contribution in [1.29, 1.82) is 0 Å². The smallest absolute Gasteiger partial charge is 0.340 e. The number of esters is 1. The fraction of sp³-hybridized carbons (Fsp3) is 0.143. The highest BCUT2D eigenvalue weighted by atomic mass is 16.5. The Balaban J connectivity index is 2.29. The Hall–Kier alpha value is -2.56. The van der Waals surface area contributed by atoms with Crippen LogP contribution in [-0.2, 0) is 4.74 Å². The van der Waals surface area contributed by atoms with E-state index in [1.54, 1.807) is 30.6 Å². The number of ether oxygens (including phenoxy) is 1. The van der Waals surface area contributed by atoms with Gasteiger partial charge in [0.05, 0.1) is 24.6 Å². The minimum absolute atomic E-state index is 0.341. The molecule has 0 aliphatic heterocycles. The van der Waals surface area contributed by atoms with E-state index in [0.717, 1.165) is 16.9 Å². The summed E-state index contributed by atoms with van der Waals surface area (Å²) in [6.07, 6.45) is 3.48. The zero-order chi connectivity index (χ0) is 13.8. The third-order valence-corrected chi connectivity index (χ3v) is 2.62. The lowest BCUT2D eigenvalue weighted by atomic mass is 10.1. The molecule has 0 saturated carbocycles. The Labute approximate surface area is 111 Å². The van der Waals surface area contributed by atoms with Crippen LogP contribution in [0, 0.1) is 6.92 Å². The van der Waals surface area contributed by atoms with Gasteiger partial charge in [-0.25, -0.2) is 4.79 Å². The minimum atomic E-state index is -0.455. The summed E-state index contributed by atoms with van der Waals surface area (Å²) in [7, 11) is 1.33. The number of benzene rings is 1. The van der Waals surface area contributed by atoms with Gasteiger partial charge in [0.2, 0.25) is 0 Å². The molecule has 0 atom stereocenters. The molecule has 1 aromatic carbocycles. The van der Waals surface area contributed by atoms with Crippen LogP contribution in [0.2, 0.25) is 0 Å². The van der Waals surface area contributed by atoms with Gasteiger partial charge >= 0.3 is 5.97 Å². The van der Waals surface area contributed by atoms with Crippen molar-refractivity contribution in [3.05, 3.63) is 47.8 Å². The summed E-state index contributed by atoms with van der Waals surface area (Å²) in [5.74, 6) is -0.455. The zero-order valence-corrected chi connectivity index (χ0v) is 10.8. The molecule has 2 aromatic rings. The van der Waals surface area contributed by atoms with Crippen LogP contribution in [0.25, 0.3) is 0 Å². The molecule has 5 heteroatoms. The Morgan fingerprint density at radius 1 is 1.26 bits per heavy atom. The average molecular weight is 257 g/mol. The number of pyridine rings is 1. The fourth-order valence-electron chi connectivity index (χ4n) is 1.71. The van der Waals surface area contributed by atoms with Gasteiger partial charge in [0.15, 0.2) is 0 Å². The maximum Gasteiger partial charge on any atom is 0.340 e. The first-order valence-electron chi connectivity index (χ1n) is 5.76. The molecule has 5 nitrogen and oxygen atoms in total. The SMILES string of the molecule is COC(=O)c1cc(Nc2cncc(C)c2)ccc1N. The van der Waals surface area contributed by atoms with Crippen LogP contribution in [0.15, 0.2) is 36.7 Å². The van der Waals surface area contributed by atoms with Crippen LogP contribution in [0.4, 0.5) is 17.1 Å². The lowest BCUT2D eigenvalue weighted by Gasteiger charge is -2.09. The quantitative estimate of drug-likeness (QED) is 0.652. The molecule has 19 heavy (non-hydrogen) atoms. The third kappa shape index (κ3) is 3.01. The molecule has 0 bridgehead atoms. The molecule has 0 fully saturated rings. The van der Waals surface area contributed by atoms with Gasteiger partial charge in [0.25, 0.3) is 0 Å². The first kappa shape index (κ1) is 12.9. The Morgan fingerprint density at radius 3 is 2.74 bits per heavy atom. The molecule has 0 unspecified atom stereocenters. The van der Waals surface area contributed by atoms with Gasteiger partial charge in [0.1, 0.15) is 0 Å². The zero-order valence-electron chi connectivity index (χ0n) is 10.8. The topological polar surface area (TPSA) is 77.2 Å². The van der Waals surface area contributed by atoms with Crippen molar-refractivity contribution in [2.24, 2.45) is 0 Å². The van der Waals surface area contributed by atoms with Gasteiger partial charge in [-0.05, 0) is 36.8 Å². The Morgan fingerprint density at radius 2 is 2.05 bits per heavy atom. The second-order valence-corrected chi connectivity index (χ2v) is 4.17. The number of aryl methyl sites for hydroxylation is 1. The molecule has 0 aliphatic carbocycles. The summed E-state index contributed by atoms with van der Waals surface area (Å²) in [6.45, 7) is 1.96. The van der Waals surface area contributed by atoms with E-state index in [4.69, 9.17) is 5.73 Å². The summed E-state index contributed by atoms with van der Waals surface area (Å²) in [4.78, 5) is 15.6. The molecule has 0 amide bonds. The Bertz CT molecular complexity index is 611. The van der Waals surface area contributed by atoms with Crippen molar-refractivity contribution in [2.45, 2.75) is 6.92 Å². The van der Waals surface area contributed by atoms with Crippen LogP contribution >= 0.6 is 0 Å². The van der Waals surface area contributed by atoms with Crippen molar-refractivity contribution < 1.29 is 9.53 Å². The summed E-state index contributed by atoms with van der Waals surface area (Å²) >= 11 is 0. The molecule has 98 valence electrons. The number of aromatic nitrogens is 1. The van der Waals surface area contributed by atoms with Gasteiger partial charge in [-0.2, -0.15) is 0 Å². The Kier molecular flexibility index (Phi) is 3.66. The summed E-state index contributed by atoms with van der Waals surface area (Å²) in [5, 5.41) is 3.17. The van der Waals surface area contributed by atoms with Gasteiger partial charge in [0, 0.05) is 17.6 Å². The van der Waals surface area contributed by atoms with E-state index in [1.165, 1.54) is 7.11 Å². The molecule has 1 heterocycles. The number of hydrogen-bond acceptors (Lipinski definition) is 5. The largest absolute Gasteiger partial charge is 0.465 e. The van der Waals surface area contributed by atoms with Crippen LogP contribution in [0.3, 0.4) is 0 Å². The first-order chi connectivity index (χ1) is 9.10. The van der Waals surface area contributed by atoms with Gasteiger partial charge in [-0.1, -0.05) is 0 Å². The second-order valence-electron chi connectivity index (χ2n) is 4.17. The van der Waals surface area contributed by atoms with Gasteiger partial charge < -0.3 is 15.8 Å². The maximum absolute atomic E-state index is 11.6. The van der Waals surface area contributed by atoms with Crippen molar-refractivity contribution >= 4 is 23.0 Å². The number of hydrogen-bond donors (Lipinski definition) is 2. The van der Waals surface area contributed by atoms with E-state index in [2.05, 4.69) is 15.0 Å². The molecule has 3 N–H and O–H groups in total. The number of nitrogen functional groups attached to an aromatic ring is 1. The van der Waals surface area contributed by atoms with Crippen molar-refractivity contribution in [3.63, 3.8) is 0 Å². The normalized spacial score (nSPS) is 10.0. The van der Waals surface area contributed by atoms with E-state index < -0.39 is 5.97 Å². The highest BCUT2D eigenvalue weighted by Gasteiger charge is 2.10. The lowest BCUT2D eigenvalue weighted by Crippen LogP contribution is -2.06. The highest BCUT2D eigenvalue weighted by Crippen LogP contribution is 2.22. The van der Waals surface area contributed by atoms with Crippen LogP contribution in [-0.4, -0.2) is 18.1 Å². The third-order valence-electron chi connectivity index (χ3n) is 2.62. The number of nitrogens with two attached hydrogens (primary N) is 1. The van der Waals surface area contributed by atoms with Gasteiger partial charge in [-0.3, -0.25) is 4.98 Å². The predicted octanol–water partition coefficient (Wildman–Crippen LogP) is 2.50. The number of methoxy groups -OCH3 is 1. The molecule has 2 rings (SSSR count). The van der Waals surface area contributed by atoms with Gasteiger partial charge in [-0.15, -0.1) is 0 Å². The monoisotopic (exact) mass is 257 g/mol. The van der Waals surface area contributed by atoms with E-state index in [1.807, 2.05) is 13.0 Å². The molecular formula is C14H15N3O2. The van der Waals surface area contributed by atoms with Crippen molar-refractivity contribution in [2.75, 3.05) is 18.2 Å². The maximum atomic E-state index is 11.6. The predicted molar refractivity (Wildman–Crippen MR) is 74.5 cm³/mol. The van der Waals surface area contributed by atoms with Crippen LogP contribution < -0.4 is 11.1 Å². The number of nitrogens with zero attached hydrogens (tertiary/aromatic N) is 1. The number of carbonyl (C=O) groups excluding carboxylic acids is 1. The van der Waals surface area contributed by atoms with Crippen molar-refractivity contribution in [3.8, 4) is 0 Å². The van der Waals surface area contributed by atoms with Crippen molar-refractivity contribution in [1.82, 2.24) is 4.98 Å². The average Bonchev–Trinajstić information content (AvgIpc) is 2.40. The van der Waals surface area contributed by atoms with Crippen LogP contribution in [0.5, 0.6) is 0 Å². The molecule has 0 aliphatic rings. The van der Waals surface area contributed by atoms with Crippen LogP contribution in [0.1, 0.15) is 15.9 Å². The molecular weight excluding hydrogens is 242 g/mol. The summed E-state index contributed by atoms with van der Waals surface area (Å²) in [6, 6.07) is 7.08. The summed E-state index contributed by atoms with van der Waals surface area (Å²) < 4.78 is 4.68. The number of anilines is 3. The molecule has 0 saturated heterocycles. The van der Waals surface area contributed by atoms with E-state index >= 15 is 0 Å². The van der Waals surface area contributed by atoms with E-state index in [-0.39, 0.29) is 0 Å². The standard InChI is InChI=1S/C14H15N3O2/c1-9-5-11(8-16-7-9)17-10-3-4-13(15)12(6-10)14(18)19-2/h3-8,17H,15H2,1-2H3. The molecule has 0 radical (unpaired) electrons. The minimum Gasteiger partial charge on any atom is -0.465 e. The molecule has 0 spiro atoms. The number of nitrogens with one attached hydrogen (secondary N) is 1. The lowest BCUT2D eigenvalue weighted by molar-refractivity contribution is 0.0602. The summed E-state index contributed by atoms with van der Waals surface area (Å²) in [5.41, 5.74) is 9.12. The first-order valence-corrected chi connectivity index (χ1v) is 5.76.